The molecule has 0 aliphatic heterocycles. The molecule has 0 radical (unpaired) electrons. The van der Waals surface area contributed by atoms with Crippen molar-refractivity contribution in [3.05, 3.63) is 45.9 Å². The Labute approximate surface area is 122 Å². The molecule has 0 bridgehead atoms. The summed E-state index contributed by atoms with van der Waals surface area (Å²) in [5.74, 6) is 0.705. The van der Waals surface area contributed by atoms with E-state index in [-0.39, 0.29) is 0 Å². The van der Waals surface area contributed by atoms with E-state index in [4.69, 9.17) is 33.7 Å². The van der Waals surface area contributed by atoms with Gasteiger partial charge in [0.1, 0.15) is 5.75 Å². The molecule has 5 heteroatoms. The molecule has 2 rings (SSSR count). The van der Waals surface area contributed by atoms with Crippen molar-refractivity contribution < 1.29 is 4.74 Å². The Morgan fingerprint density at radius 3 is 2.53 bits per heavy atom. The fraction of sp³-hybridized carbons (Fsp3) is 0.143. The van der Waals surface area contributed by atoms with Gasteiger partial charge in [-0.2, -0.15) is 0 Å². The summed E-state index contributed by atoms with van der Waals surface area (Å²) in [6.07, 6.45) is 0. The molecule has 2 aromatic rings. The van der Waals surface area contributed by atoms with E-state index < -0.39 is 0 Å². The van der Waals surface area contributed by atoms with E-state index in [0.29, 0.717) is 21.5 Å². The number of hydrogen-bond acceptors (Lipinski definition) is 3. The van der Waals surface area contributed by atoms with Crippen molar-refractivity contribution in [1.82, 2.24) is 0 Å². The number of nitrogen functional groups attached to an aromatic ring is 1. The summed E-state index contributed by atoms with van der Waals surface area (Å²) in [6, 6.07) is 8.98. The van der Waals surface area contributed by atoms with Crippen LogP contribution in [0.15, 0.2) is 30.3 Å². The predicted octanol–water partition coefficient (Wildman–Crippen LogP) is 4.64. The lowest BCUT2D eigenvalue weighted by Gasteiger charge is -2.14. The van der Waals surface area contributed by atoms with E-state index in [1.54, 1.807) is 31.4 Å². The van der Waals surface area contributed by atoms with Gasteiger partial charge in [0.2, 0.25) is 0 Å². The van der Waals surface area contributed by atoms with Crippen LogP contribution in [0.3, 0.4) is 0 Å². The van der Waals surface area contributed by atoms with Gasteiger partial charge in [-0.3, -0.25) is 0 Å². The number of rotatable bonds is 3. The summed E-state index contributed by atoms with van der Waals surface area (Å²) in [6.45, 7) is 1.95. The molecule has 0 fully saturated rings. The van der Waals surface area contributed by atoms with Crippen LogP contribution in [0.2, 0.25) is 10.0 Å². The average Bonchev–Trinajstić information content (AvgIpc) is 2.36. The van der Waals surface area contributed by atoms with Crippen molar-refractivity contribution in [3.8, 4) is 5.75 Å². The highest BCUT2D eigenvalue weighted by Crippen LogP contribution is 2.34. The van der Waals surface area contributed by atoms with Gasteiger partial charge >= 0.3 is 0 Å². The lowest BCUT2D eigenvalue weighted by atomic mass is 10.1. The zero-order chi connectivity index (χ0) is 14.0. The van der Waals surface area contributed by atoms with Gasteiger partial charge in [-0.05, 0) is 42.8 Å². The van der Waals surface area contributed by atoms with Gasteiger partial charge in [-0.25, -0.2) is 0 Å². The van der Waals surface area contributed by atoms with E-state index in [2.05, 4.69) is 5.32 Å². The minimum Gasteiger partial charge on any atom is -0.495 e. The summed E-state index contributed by atoms with van der Waals surface area (Å²) >= 11 is 12.0. The quantitative estimate of drug-likeness (QED) is 0.812. The van der Waals surface area contributed by atoms with Gasteiger partial charge in [0.15, 0.2) is 0 Å². The SMILES string of the molecule is COc1ccc(Cl)cc1Nc1cc(Cl)c(N)cc1C. The molecule has 0 saturated heterocycles. The first kappa shape index (κ1) is 13.8. The van der Waals surface area contributed by atoms with Crippen molar-refractivity contribution in [2.45, 2.75) is 6.92 Å². The normalized spacial score (nSPS) is 10.3. The third kappa shape index (κ3) is 3.06. The Morgan fingerprint density at radius 2 is 1.84 bits per heavy atom. The maximum atomic E-state index is 6.03. The van der Waals surface area contributed by atoms with Gasteiger partial charge in [0, 0.05) is 10.7 Å². The second-order valence-corrected chi connectivity index (χ2v) is 5.00. The Balaban J connectivity index is 2.41. The second kappa shape index (κ2) is 5.59. The second-order valence-electron chi connectivity index (χ2n) is 4.16. The zero-order valence-corrected chi connectivity index (χ0v) is 12.1. The molecule has 0 spiro atoms. The minimum atomic E-state index is 0.508. The van der Waals surface area contributed by atoms with Gasteiger partial charge in [0.25, 0.3) is 0 Å². The zero-order valence-electron chi connectivity index (χ0n) is 10.6. The number of ether oxygens (including phenoxy) is 1. The molecule has 19 heavy (non-hydrogen) atoms. The maximum absolute atomic E-state index is 6.03. The van der Waals surface area contributed by atoms with Gasteiger partial charge in [-0.1, -0.05) is 23.2 Å². The predicted molar refractivity (Wildman–Crippen MR) is 81.9 cm³/mol. The van der Waals surface area contributed by atoms with Crippen LogP contribution in [-0.4, -0.2) is 7.11 Å². The van der Waals surface area contributed by atoms with Crippen molar-refractivity contribution in [1.29, 1.82) is 0 Å². The van der Waals surface area contributed by atoms with Crippen molar-refractivity contribution in [2.24, 2.45) is 0 Å². The van der Waals surface area contributed by atoms with Crippen molar-refractivity contribution >= 4 is 40.3 Å². The molecule has 0 saturated carbocycles. The molecule has 2 aromatic carbocycles. The van der Waals surface area contributed by atoms with Gasteiger partial charge in [0.05, 0.1) is 23.5 Å². The van der Waals surface area contributed by atoms with Gasteiger partial charge < -0.3 is 15.8 Å². The van der Waals surface area contributed by atoms with Crippen LogP contribution in [0.1, 0.15) is 5.56 Å². The standard InChI is InChI=1S/C14H14Cl2N2O/c1-8-5-11(17)10(16)7-12(8)18-13-6-9(15)3-4-14(13)19-2/h3-7,18H,17H2,1-2H3. The summed E-state index contributed by atoms with van der Waals surface area (Å²) in [5, 5.41) is 4.39. The smallest absolute Gasteiger partial charge is 0.142 e. The molecule has 0 heterocycles. The van der Waals surface area contributed by atoms with Crippen LogP contribution >= 0.6 is 23.2 Å². The highest BCUT2D eigenvalue weighted by molar-refractivity contribution is 6.33. The maximum Gasteiger partial charge on any atom is 0.142 e. The number of hydrogen-bond donors (Lipinski definition) is 2. The van der Waals surface area contributed by atoms with Crippen molar-refractivity contribution in [2.75, 3.05) is 18.2 Å². The van der Waals surface area contributed by atoms with Crippen LogP contribution < -0.4 is 15.8 Å². The molecule has 100 valence electrons. The highest BCUT2D eigenvalue weighted by Gasteiger charge is 2.08. The van der Waals surface area contributed by atoms with Crippen LogP contribution in [0.25, 0.3) is 0 Å². The first-order valence-electron chi connectivity index (χ1n) is 5.67. The molecule has 0 unspecified atom stereocenters. The highest BCUT2D eigenvalue weighted by atomic mass is 35.5. The van der Waals surface area contributed by atoms with E-state index in [9.17, 15) is 0 Å². The lowest BCUT2D eigenvalue weighted by Crippen LogP contribution is -1.98. The van der Waals surface area contributed by atoms with Crippen LogP contribution in [0.5, 0.6) is 5.75 Å². The number of nitrogens with two attached hydrogens (primary N) is 1. The largest absolute Gasteiger partial charge is 0.495 e. The Bertz CT molecular complexity index is 615. The average molecular weight is 297 g/mol. The molecule has 0 aliphatic rings. The van der Waals surface area contributed by atoms with Crippen LogP contribution in [0.4, 0.5) is 17.1 Å². The molecule has 0 aliphatic carbocycles. The number of methoxy groups -OCH3 is 1. The molecular formula is C14H14Cl2N2O. The summed E-state index contributed by atoms with van der Waals surface area (Å²) in [5.41, 5.74) is 8.94. The first-order valence-corrected chi connectivity index (χ1v) is 6.43. The molecule has 0 aromatic heterocycles. The molecule has 0 atom stereocenters. The summed E-state index contributed by atoms with van der Waals surface area (Å²) in [7, 11) is 1.61. The number of nitrogens with one attached hydrogen (secondary N) is 1. The van der Waals surface area contributed by atoms with E-state index in [1.807, 2.05) is 13.0 Å². The number of aryl methyl sites for hydroxylation is 1. The third-order valence-corrected chi connectivity index (χ3v) is 3.34. The van der Waals surface area contributed by atoms with E-state index in [0.717, 1.165) is 16.9 Å². The van der Waals surface area contributed by atoms with E-state index >= 15 is 0 Å². The topological polar surface area (TPSA) is 47.3 Å². The monoisotopic (exact) mass is 296 g/mol. The van der Waals surface area contributed by atoms with Gasteiger partial charge in [-0.15, -0.1) is 0 Å². The summed E-state index contributed by atoms with van der Waals surface area (Å²) < 4.78 is 5.29. The molecule has 3 nitrogen and oxygen atoms in total. The number of halogens is 2. The van der Waals surface area contributed by atoms with Crippen LogP contribution in [0, 0.1) is 6.92 Å². The first-order chi connectivity index (χ1) is 9.01. The molecule has 3 N–H and O–H groups in total. The number of anilines is 3. The Morgan fingerprint density at radius 1 is 1.11 bits per heavy atom. The van der Waals surface area contributed by atoms with E-state index in [1.165, 1.54) is 0 Å². The molecule has 0 amide bonds. The minimum absolute atomic E-state index is 0.508. The fourth-order valence-electron chi connectivity index (χ4n) is 1.76. The Kier molecular flexibility index (Phi) is 4.08. The Hall–Kier alpha value is -1.58. The number of benzene rings is 2. The summed E-state index contributed by atoms with van der Waals surface area (Å²) in [4.78, 5) is 0. The van der Waals surface area contributed by atoms with Crippen molar-refractivity contribution in [3.63, 3.8) is 0 Å². The van der Waals surface area contributed by atoms with Crippen LogP contribution in [-0.2, 0) is 0 Å². The lowest BCUT2D eigenvalue weighted by molar-refractivity contribution is 0.417. The molecular weight excluding hydrogens is 283 g/mol. The fourth-order valence-corrected chi connectivity index (χ4v) is 2.10. The third-order valence-electron chi connectivity index (χ3n) is 2.77.